The summed E-state index contributed by atoms with van der Waals surface area (Å²) >= 11 is 4.99. The summed E-state index contributed by atoms with van der Waals surface area (Å²) in [5.74, 6) is 1.96. The molecule has 1 saturated heterocycles. The van der Waals surface area contributed by atoms with Gasteiger partial charge >= 0.3 is 0 Å². The molecule has 0 atom stereocenters. The Hall–Kier alpha value is -2.21. The standard InChI is InChI=1S/C15H17N5S/c16-15(21)12-4-3-6-14(18-12)20-10-8-19(9-11-20)13-5-1-2-7-17-13/h1-7H,8-11H2,(H2,16,21). The molecule has 0 radical (unpaired) electrons. The second-order valence-corrected chi connectivity index (χ2v) is 5.35. The number of hydrogen-bond donors (Lipinski definition) is 1. The normalized spacial score (nSPS) is 15.0. The van der Waals surface area contributed by atoms with Gasteiger partial charge in [-0.1, -0.05) is 24.4 Å². The Morgan fingerprint density at radius 3 is 2.24 bits per heavy atom. The van der Waals surface area contributed by atoms with Gasteiger partial charge in [-0.3, -0.25) is 0 Å². The number of anilines is 2. The van der Waals surface area contributed by atoms with E-state index in [1.165, 1.54) is 0 Å². The van der Waals surface area contributed by atoms with Crippen LogP contribution in [0, 0.1) is 0 Å². The van der Waals surface area contributed by atoms with Gasteiger partial charge in [0, 0.05) is 32.4 Å². The lowest BCUT2D eigenvalue weighted by molar-refractivity contribution is 0.641. The minimum Gasteiger partial charge on any atom is -0.388 e. The highest BCUT2D eigenvalue weighted by Crippen LogP contribution is 2.17. The molecule has 2 aromatic rings. The lowest BCUT2D eigenvalue weighted by Gasteiger charge is -2.36. The molecule has 3 heterocycles. The largest absolute Gasteiger partial charge is 0.388 e. The number of thiocarbonyl (C=S) groups is 1. The Morgan fingerprint density at radius 1 is 0.952 bits per heavy atom. The van der Waals surface area contributed by atoms with Crippen molar-refractivity contribution in [1.29, 1.82) is 0 Å². The maximum atomic E-state index is 5.64. The van der Waals surface area contributed by atoms with E-state index < -0.39 is 0 Å². The van der Waals surface area contributed by atoms with Gasteiger partial charge in [0.1, 0.15) is 16.6 Å². The van der Waals surface area contributed by atoms with E-state index in [1.807, 2.05) is 42.6 Å². The minimum atomic E-state index is 0.337. The van der Waals surface area contributed by atoms with Crippen molar-refractivity contribution in [2.24, 2.45) is 5.73 Å². The van der Waals surface area contributed by atoms with E-state index >= 15 is 0 Å². The molecule has 2 N–H and O–H groups in total. The van der Waals surface area contributed by atoms with E-state index in [9.17, 15) is 0 Å². The van der Waals surface area contributed by atoms with Gasteiger partial charge < -0.3 is 15.5 Å². The van der Waals surface area contributed by atoms with Crippen LogP contribution in [0.1, 0.15) is 5.69 Å². The number of piperazine rings is 1. The topological polar surface area (TPSA) is 58.3 Å². The third kappa shape index (κ3) is 3.11. The van der Waals surface area contributed by atoms with Crippen molar-refractivity contribution in [1.82, 2.24) is 9.97 Å². The van der Waals surface area contributed by atoms with Crippen LogP contribution in [0.3, 0.4) is 0 Å². The summed E-state index contributed by atoms with van der Waals surface area (Å²) in [5.41, 5.74) is 6.32. The van der Waals surface area contributed by atoms with E-state index in [2.05, 4.69) is 19.8 Å². The van der Waals surface area contributed by atoms with Gasteiger partial charge in [0.05, 0.1) is 5.69 Å². The second kappa shape index (κ2) is 6.05. The van der Waals surface area contributed by atoms with Gasteiger partial charge in [-0.05, 0) is 24.3 Å². The van der Waals surface area contributed by atoms with Gasteiger partial charge in [0.15, 0.2) is 0 Å². The lowest BCUT2D eigenvalue weighted by Crippen LogP contribution is -2.47. The first kappa shape index (κ1) is 13.8. The van der Waals surface area contributed by atoms with E-state index in [0.29, 0.717) is 10.7 Å². The number of hydrogen-bond acceptors (Lipinski definition) is 5. The van der Waals surface area contributed by atoms with Crippen LogP contribution in [-0.2, 0) is 0 Å². The van der Waals surface area contributed by atoms with Crippen LogP contribution in [-0.4, -0.2) is 41.1 Å². The Labute approximate surface area is 129 Å². The Kier molecular flexibility index (Phi) is 3.96. The summed E-state index contributed by atoms with van der Waals surface area (Å²) in [6.07, 6.45) is 1.83. The molecule has 0 aliphatic carbocycles. The number of aromatic nitrogens is 2. The summed E-state index contributed by atoms with van der Waals surface area (Å²) in [5, 5.41) is 0. The van der Waals surface area contributed by atoms with Crippen molar-refractivity contribution in [2.75, 3.05) is 36.0 Å². The molecule has 2 aromatic heterocycles. The molecule has 0 spiro atoms. The van der Waals surface area contributed by atoms with Crippen molar-refractivity contribution >= 4 is 28.8 Å². The third-order valence-corrected chi connectivity index (χ3v) is 3.77. The molecule has 21 heavy (non-hydrogen) atoms. The summed E-state index contributed by atoms with van der Waals surface area (Å²) < 4.78 is 0. The van der Waals surface area contributed by atoms with Crippen LogP contribution >= 0.6 is 12.2 Å². The maximum absolute atomic E-state index is 5.64. The monoisotopic (exact) mass is 299 g/mol. The fourth-order valence-corrected chi connectivity index (χ4v) is 2.56. The minimum absolute atomic E-state index is 0.337. The predicted octanol–water partition coefficient (Wildman–Crippen LogP) is 1.44. The molecule has 0 unspecified atom stereocenters. The maximum Gasteiger partial charge on any atom is 0.129 e. The zero-order valence-electron chi connectivity index (χ0n) is 11.6. The van der Waals surface area contributed by atoms with Crippen molar-refractivity contribution in [3.63, 3.8) is 0 Å². The van der Waals surface area contributed by atoms with Crippen LogP contribution < -0.4 is 15.5 Å². The predicted molar refractivity (Wildman–Crippen MR) is 88.8 cm³/mol. The van der Waals surface area contributed by atoms with Crippen molar-refractivity contribution in [3.8, 4) is 0 Å². The highest BCUT2D eigenvalue weighted by Gasteiger charge is 2.19. The average molecular weight is 299 g/mol. The van der Waals surface area contributed by atoms with Crippen molar-refractivity contribution < 1.29 is 0 Å². The van der Waals surface area contributed by atoms with Crippen LogP contribution in [0.15, 0.2) is 42.6 Å². The van der Waals surface area contributed by atoms with Gasteiger partial charge in [0.2, 0.25) is 0 Å². The van der Waals surface area contributed by atoms with Crippen LogP contribution in [0.25, 0.3) is 0 Å². The van der Waals surface area contributed by atoms with E-state index in [-0.39, 0.29) is 0 Å². The Balaban J connectivity index is 1.68. The average Bonchev–Trinajstić information content (AvgIpc) is 2.56. The van der Waals surface area contributed by atoms with Gasteiger partial charge in [-0.25, -0.2) is 9.97 Å². The van der Waals surface area contributed by atoms with E-state index in [0.717, 1.165) is 37.8 Å². The zero-order valence-corrected chi connectivity index (χ0v) is 12.5. The number of rotatable bonds is 3. The summed E-state index contributed by atoms with van der Waals surface area (Å²) in [4.78, 5) is 13.8. The zero-order chi connectivity index (χ0) is 14.7. The van der Waals surface area contributed by atoms with E-state index in [1.54, 1.807) is 0 Å². The molecule has 0 saturated carbocycles. The molecule has 1 aliphatic rings. The van der Waals surface area contributed by atoms with E-state index in [4.69, 9.17) is 18.0 Å². The summed E-state index contributed by atoms with van der Waals surface area (Å²) in [6, 6.07) is 11.8. The first-order valence-corrected chi connectivity index (χ1v) is 7.32. The van der Waals surface area contributed by atoms with Crippen molar-refractivity contribution in [2.45, 2.75) is 0 Å². The molecule has 0 bridgehead atoms. The molecular weight excluding hydrogens is 282 g/mol. The molecule has 0 aromatic carbocycles. The first-order chi connectivity index (χ1) is 10.2. The molecule has 3 rings (SSSR count). The highest BCUT2D eigenvalue weighted by atomic mass is 32.1. The second-order valence-electron chi connectivity index (χ2n) is 4.91. The van der Waals surface area contributed by atoms with Gasteiger partial charge in [0.25, 0.3) is 0 Å². The fourth-order valence-electron chi connectivity index (χ4n) is 2.44. The Bertz CT molecular complexity index is 623. The van der Waals surface area contributed by atoms with Crippen LogP contribution in [0.2, 0.25) is 0 Å². The lowest BCUT2D eigenvalue weighted by atomic mass is 10.2. The molecule has 0 amide bonds. The van der Waals surface area contributed by atoms with Crippen molar-refractivity contribution in [3.05, 3.63) is 48.3 Å². The molecule has 108 valence electrons. The van der Waals surface area contributed by atoms with Gasteiger partial charge in [-0.2, -0.15) is 0 Å². The Morgan fingerprint density at radius 2 is 1.62 bits per heavy atom. The molecular formula is C15H17N5S. The summed E-state index contributed by atoms with van der Waals surface area (Å²) in [7, 11) is 0. The smallest absolute Gasteiger partial charge is 0.129 e. The fraction of sp³-hybridized carbons (Fsp3) is 0.267. The third-order valence-electron chi connectivity index (χ3n) is 3.56. The SMILES string of the molecule is NC(=S)c1cccc(N2CCN(c3ccccn3)CC2)n1. The molecule has 5 nitrogen and oxygen atoms in total. The first-order valence-electron chi connectivity index (χ1n) is 6.92. The molecule has 1 aliphatic heterocycles. The van der Waals surface area contributed by atoms with Gasteiger partial charge in [-0.15, -0.1) is 0 Å². The highest BCUT2D eigenvalue weighted by molar-refractivity contribution is 7.80. The van der Waals surface area contributed by atoms with Crippen LogP contribution in [0.4, 0.5) is 11.6 Å². The summed E-state index contributed by atoms with van der Waals surface area (Å²) in [6.45, 7) is 3.67. The number of nitrogens with zero attached hydrogens (tertiary/aromatic N) is 4. The number of pyridine rings is 2. The molecule has 1 fully saturated rings. The quantitative estimate of drug-likeness (QED) is 0.866. The van der Waals surface area contributed by atoms with Crippen LogP contribution in [0.5, 0.6) is 0 Å². The molecule has 6 heteroatoms. The number of nitrogens with two attached hydrogens (primary N) is 1.